The Morgan fingerprint density at radius 2 is 2.00 bits per heavy atom. The van der Waals surface area contributed by atoms with E-state index < -0.39 is 0 Å². The van der Waals surface area contributed by atoms with Crippen LogP contribution < -0.4 is 10.5 Å². The maximum atomic E-state index is 5.53. The lowest BCUT2D eigenvalue weighted by molar-refractivity contribution is 0.405. The molecule has 2 aromatic rings. The zero-order valence-electron chi connectivity index (χ0n) is 8.88. The molecule has 2 rings (SSSR count). The van der Waals surface area contributed by atoms with Gasteiger partial charge in [-0.1, -0.05) is 23.9 Å². The van der Waals surface area contributed by atoms with Crippen LogP contribution in [0.5, 0.6) is 5.75 Å². The number of anilines is 1. The first-order valence-corrected chi connectivity index (χ1v) is 5.63. The number of benzene rings is 1. The molecule has 0 aliphatic heterocycles. The molecule has 0 radical (unpaired) electrons. The Labute approximate surface area is 98.6 Å². The van der Waals surface area contributed by atoms with Gasteiger partial charge in [0.25, 0.3) is 0 Å². The number of pyridine rings is 1. The van der Waals surface area contributed by atoms with Gasteiger partial charge in [0.05, 0.1) is 12.0 Å². The van der Waals surface area contributed by atoms with E-state index in [2.05, 4.69) is 4.98 Å². The number of ether oxygens (including phenoxy) is 1. The molecule has 0 aliphatic carbocycles. The predicted octanol–water partition coefficient (Wildman–Crippen LogP) is 2.82. The van der Waals surface area contributed by atoms with Crippen LogP contribution in [0.25, 0.3) is 0 Å². The summed E-state index contributed by atoms with van der Waals surface area (Å²) in [5.41, 5.74) is 5.53. The van der Waals surface area contributed by atoms with Gasteiger partial charge in [-0.05, 0) is 24.3 Å². The van der Waals surface area contributed by atoms with Gasteiger partial charge < -0.3 is 10.5 Å². The average Bonchev–Trinajstić information content (AvgIpc) is 2.33. The van der Waals surface area contributed by atoms with Crippen molar-refractivity contribution in [3.05, 3.63) is 42.6 Å². The topological polar surface area (TPSA) is 48.1 Å². The van der Waals surface area contributed by atoms with Crippen LogP contribution in [-0.4, -0.2) is 12.1 Å². The van der Waals surface area contributed by atoms with Gasteiger partial charge in [0.15, 0.2) is 0 Å². The highest BCUT2D eigenvalue weighted by Gasteiger charge is 2.03. The molecule has 0 spiro atoms. The lowest BCUT2D eigenvalue weighted by Crippen LogP contribution is -1.89. The fourth-order valence-corrected chi connectivity index (χ4v) is 2.18. The summed E-state index contributed by atoms with van der Waals surface area (Å²) < 4.78 is 5.28. The minimum Gasteiger partial charge on any atom is -0.496 e. The van der Waals surface area contributed by atoms with E-state index in [9.17, 15) is 0 Å². The molecule has 0 fully saturated rings. The number of aromatic nitrogens is 1. The van der Waals surface area contributed by atoms with E-state index in [1.807, 2.05) is 30.3 Å². The minimum absolute atomic E-state index is 0.532. The highest BCUT2D eigenvalue weighted by Crippen LogP contribution is 2.34. The summed E-state index contributed by atoms with van der Waals surface area (Å²) in [5.74, 6) is 1.40. The number of hydrogen-bond acceptors (Lipinski definition) is 4. The molecular weight excluding hydrogens is 220 g/mol. The molecule has 0 bridgehead atoms. The van der Waals surface area contributed by atoms with Crippen LogP contribution in [0.1, 0.15) is 0 Å². The monoisotopic (exact) mass is 232 g/mol. The van der Waals surface area contributed by atoms with Crippen molar-refractivity contribution < 1.29 is 4.74 Å². The number of nitrogen functional groups attached to an aromatic ring is 1. The van der Waals surface area contributed by atoms with Gasteiger partial charge in [0.2, 0.25) is 0 Å². The van der Waals surface area contributed by atoms with Crippen molar-refractivity contribution in [3.8, 4) is 5.75 Å². The predicted molar refractivity (Wildman–Crippen MR) is 65.8 cm³/mol. The van der Waals surface area contributed by atoms with Crippen LogP contribution in [0.3, 0.4) is 0 Å². The molecule has 0 atom stereocenters. The molecule has 1 aromatic carbocycles. The quantitative estimate of drug-likeness (QED) is 0.884. The molecule has 3 nitrogen and oxygen atoms in total. The molecule has 0 saturated heterocycles. The average molecular weight is 232 g/mol. The lowest BCUT2D eigenvalue weighted by Gasteiger charge is -2.07. The highest BCUT2D eigenvalue weighted by molar-refractivity contribution is 7.99. The molecule has 16 heavy (non-hydrogen) atoms. The SMILES string of the molecule is COc1ccccc1Sc1ccc(N)nc1. The van der Waals surface area contributed by atoms with E-state index in [4.69, 9.17) is 10.5 Å². The van der Waals surface area contributed by atoms with Gasteiger partial charge >= 0.3 is 0 Å². The summed E-state index contributed by atoms with van der Waals surface area (Å²) in [4.78, 5) is 6.15. The van der Waals surface area contributed by atoms with Crippen molar-refractivity contribution in [2.24, 2.45) is 0 Å². The number of methoxy groups -OCH3 is 1. The Kier molecular flexibility index (Phi) is 3.31. The number of hydrogen-bond donors (Lipinski definition) is 1. The molecule has 1 aromatic heterocycles. The van der Waals surface area contributed by atoms with Crippen LogP contribution >= 0.6 is 11.8 Å². The number of rotatable bonds is 3. The maximum Gasteiger partial charge on any atom is 0.132 e. The Morgan fingerprint density at radius 3 is 2.69 bits per heavy atom. The number of nitrogens with two attached hydrogens (primary N) is 1. The molecule has 2 N–H and O–H groups in total. The minimum atomic E-state index is 0.532. The van der Waals surface area contributed by atoms with E-state index in [1.165, 1.54) is 0 Å². The number of nitrogens with zero attached hydrogens (tertiary/aromatic N) is 1. The van der Waals surface area contributed by atoms with Gasteiger partial charge in [-0.2, -0.15) is 0 Å². The van der Waals surface area contributed by atoms with E-state index >= 15 is 0 Å². The third kappa shape index (κ3) is 2.46. The number of para-hydroxylation sites is 1. The largest absolute Gasteiger partial charge is 0.496 e. The normalized spacial score (nSPS) is 10.1. The van der Waals surface area contributed by atoms with Crippen LogP contribution in [0.4, 0.5) is 5.82 Å². The third-order valence-corrected chi connectivity index (χ3v) is 3.09. The summed E-state index contributed by atoms with van der Waals surface area (Å²) in [6, 6.07) is 11.6. The van der Waals surface area contributed by atoms with Gasteiger partial charge in [-0.3, -0.25) is 0 Å². The Morgan fingerprint density at radius 1 is 1.19 bits per heavy atom. The zero-order valence-corrected chi connectivity index (χ0v) is 9.70. The first-order chi connectivity index (χ1) is 7.79. The van der Waals surface area contributed by atoms with Crippen LogP contribution in [0.2, 0.25) is 0 Å². The van der Waals surface area contributed by atoms with Crippen LogP contribution in [0.15, 0.2) is 52.4 Å². The first kappa shape index (κ1) is 10.8. The molecule has 1 heterocycles. The highest BCUT2D eigenvalue weighted by atomic mass is 32.2. The standard InChI is InChI=1S/C12H12N2OS/c1-15-10-4-2-3-5-11(10)16-9-6-7-12(13)14-8-9/h2-8H,1H3,(H2,13,14). The molecule has 0 unspecified atom stereocenters. The van der Waals surface area contributed by atoms with Crippen molar-refractivity contribution in [1.82, 2.24) is 4.98 Å². The lowest BCUT2D eigenvalue weighted by atomic mass is 10.3. The van der Waals surface area contributed by atoms with Gasteiger partial charge in [0.1, 0.15) is 11.6 Å². The summed E-state index contributed by atoms with van der Waals surface area (Å²) in [6.45, 7) is 0. The van der Waals surface area contributed by atoms with Gasteiger partial charge in [-0.25, -0.2) is 4.98 Å². The van der Waals surface area contributed by atoms with Crippen molar-refractivity contribution in [2.45, 2.75) is 9.79 Å². The summed E-state index contributed by atoms with van der Waals surface area (Å²) in [6.07, 6.45) is 1.76. The van der Waals surface area contributed by atoms with Gasteiger partial charge in [-0.15, -0.1) is 0 Å². The molecule has 0 aliphatic rings. The van der Waals surface area contributed by atoms with Crippen LogP contribution in [0, 0.1) is 0 Å². The zero-order chi connectivity index (χ0) is 11.4. The Hall–Kier alpha value is -1.68. The maximum absolute atomic E-state index is 5.53. The fraction of sp³-hybridized carbons (Fsp3) is 0.0833. The second-order valence-electron chi connectivity index (χ2n) is 3.17. The smallest absolute Gasteiger partial charge is 0.132 e. The Balaban J connectivity index is 2.23. The first-order valence-electron chi connectivity index (χ1n) is 4.82. The second-order valence-corrected chi connectivity index (χ2v) is 4.29. The van der Waals surface area contributed by atoms with Gasteiger partial charge in [0, 0.05) is 11.1 Å². The molecule has 82 valence electrons. The van der Waals surface area contributed by atoms with E-state index in [-0.39, 0.29) is 0 Å². The molecule has 0 amide bonds. The van der Waals surface area contributed by atoms with E-state index in [0.717, 1.165) is 15.5 Å². The summed E-state index contributed by atoms with van der Waals surface area (Å²) >= 11 is 1.60. The van der Waals surface area contributed by atoms with E-state index in [0.29, 0.717) is 5.82 Å². The van der Waals surface area contributed by atoms with Crippen molar-refractivity contribution in [2.75, 3.05) is 12.8 Å². The molecule has 4 heteroatoms. The van der Waals surface area contributed by atoms with E-state index in [1.54, 1.807) is 31.1 Å². The van der Waals surface area contributed by atoms with Crippen molar-refractivity contribution in [3.63, 3.8) is 0 Å². The molecule has 0 saturated carbocycles. The van der Waals surface area contributed by atoms with Crippen molar-refractivity contribution >= 4 is 17.6 Å². The Bertz CT molecular complexity index is 471. The fourth-order valence-electron chi connectivity index (χ4n) is 1.28. The van der Waals surface area contributed by atoms with Crippen molar-refractivity contribution in [1.29, 1.82) is 0 Å². The summed E-state index contributed by atoms with van der Waals surface area (Å²) in [7, 11) is 1.67. The summed E-state index contributed by atoms with van der Waals surface area (Å²) in [5, 5.41) is 0. The second kappa shape index (κ2) is 4.90. The van der Waals surface area contributed by atoms with Crippen LogP contribution in [-0.2, 0) is 0 Å². The molecular formula is C12H12N2OS. The third-order valence-electron chi connectivity index (χ3n) is 2.06.